The summed E-state index contributed by atoms with van der Waals surface area (Å²) in [5.41, 5.74) is 2.02. The maximum Gasteiger partial charge on any atom is 0.168 e. The highest BCUT2D eigenvalue weighted by molar-refractivity contribution is 6.31. The third-order valence-corrected chi connectivity index (χ3v) is 3.66. The Hall–Kier alpha value is -1.58. The molecule has 106 valence electrons. The molecule has 0 aliphatic heterocycles. The summed E-state index contributed by atoms with van der Waals surface area (Å²) in [5, 5.41) is 10.8. The van der Waals surface area contributed by atoms with Crippen LogP contribution in [0.4, 0.5) is 4.39 Å². The Morgan fingerprint density at radius 1 is 1.30 bits per heavy atom. The van der Waals surface area contributed by atoms with Crippen LogP contribution in [0, 0.1) is 12.7 Å². The van der Waals surface area contributed by atoms with Crippen LogP contribution in [0.25, 0.3) is 0 Å². The van der Waals surface area contributed by atoms with E-state index in [1.807, 2.05) is 13.0 Å². The van der Waals surface area contributed by atoms with Crippen LogP contribution in [0.5, 0.6) is 5.75 Å². The Kier molecular flexibility index (Phi) is 4.63. The Labute approximate surface area is 122 Å². The standard InChI is InChI=1S/C16H16ClFO2/c1-10-6-7-11(8-13(10)17)14(19)9-12-4-3-5-15(20-2)16(12)18/h3-8,14,19H,9H2,1-2H3. The van der Waals surface area contributed by atoms with Gasteiger partial charge in [-0.2, -0.15) is 0 Å². The number of benzene rings is 2. The van der Waals surface area contributed by atoms with Gasteiger partial charge in [0.25, 0.3) is 0 Å². The van der Waals surface area contributed by atoms with Crippen LogP contribution >= 0.6 is 11.6 Å². The molecule has 0 saturated heterocycles. The Bertz CT molecular complexity index is 613. The first kappa shape index (κ1) is 14.8. The lowest BCUT2D eigenvalue weighted by Crippen LogP contribution is -2.04. The van der Waals surface area contributed by atoms with E-state index in [4.69, 9.17) is 16.3 Å². The molecule has 0 aromatic heterocycles. The minimum atomic E-state index is -0.810. The number of ether oxygens (including phenoxy) is 1. The molecular formula is C16H16ClFO2. The molecule has 1 N–H and O–H groups in total. The zero-order valence-electron chi connectivity index (χ0n) is 11.4. The summed E-state index contributed by atoms with van der Waals surface area (Å²) in [7, 11) is 1.42. The van der Waals surface area contributed by atoms with E-state index in [-0.39, 0.29) is 12.2 Å². The van der Waals surface area contributed by atoms with Gasteiger partial charge < -0.3 is 9.84 Å². The molecular weight excluding hydrogens is 279 g/mol. The first-order valence-electron chi connectivity index (χ1n) is 6.28. The van der Waals surface area contributed by atoms with Crippen molar-refractivity contribution in [1.29, 1.82) is 0 Å². The molecule has 1 unspecified atom stereocenters. The topological polar surface area (TPSA) is 29.5 Å². The van der Waals surface area contributed by atoms with E-state index in [1.54, 1.807) is 30.3 Å². The minimum Gasteiger partial charge on any atom is -0.494 e. The monoisotopic (exact) mass is 294 g/mol. The van der Waals surface area contributed by atoms with E-state index < -0.39 is 11.9 Å². The van der Waals surface area contributed by atoms with Gasteiger partial charge in [-0.15, -0.1) is 0 Å². The fourth-order valence-electron chi connectivity index (χ4n) is 2.01. The van der Waals surface area contributed by atoms with Gasteiger partial charge in [-0.25, -0.2) is 4.39 Å². The number of hydrogen-bond acceptors (Lipinski definition) is 2. The van der Waals surface area contributed by atoms with Crippen molar-refractivity contribution in [2.75, 3.05) is 7.11 Å². The van der Waals surface area contributed by atoms with E-state index in [2.05, 4.69) is 0 Å². The van der Waals surface area contributed by atoms with Gasteiger partial charge in [0.1, 0.15) is 0 Å². The molecule has 0 saturated carbocycles. The normalized spacial score (nSPS) is 12.2. The average Bonchev–Trinajstić information content (AvgIpc) is 2.44. The molecule has 0 fully saturated rings. The molecule has 0 amide bonds. The lowest BCUT2D eigenvalue weighted by atomic mass is 10.00. The van der Waals surface area contributed by atoms with Crippen LogP contribution in [-0.4, -0.2) is 12.2 Å². The molecule has 0 radical (unpaired) electrons. The predicted molar refractivity (Wildman–Crippen MR) is 77.8 cm³/mol. The SMILES string of the molecule is COc1cccc(CC(O)c2ccc(C)c(Cl)c2)c1F. The van der Waals surface area contributed by atoms with Crippen molar-refractivity contribution in [3.8, 4) is 5.75 Å². The molecule has 4 heteroatoms. The molecule has 2 nitrogen and oxygen atoms in total. The molecule has 1 atom stereocenters. The highest BCUT2D eigenvalue weighted by Crippen LogP contribution is 2.27. The number of methoxy groups -OCH3 is 1. The van der Waals surface area contributed by atoms with Crippen LogP contribution in [0.3, 0.4) is 0 Å². The minimum absolute atomic E-state index is 0.169. The van der Waals surface area contributed by atoms with Gasteiger partial charge in [-0.05, 0) is 35.7 Å². The molecule has 0 bridgehead atoms. The highest BCUT2D eigenvalue weighted by atomic mass is 35.5. The summed E-state index contributed by atoms with van der Waals surface area (Å²) in [6.07, 6.45) is -0.641. The Balaban J connectivity index is 2.23. The van der Waals surface area contributed by atoms with Crippen LogP contribution in [0.2, 0.25) is 5.02 Å². The van der Waals surface area contributed by atoms with Crippen LogP contribution in [0.15, 0.2) is 36.4 Å². The molecule has 0 spiro atoms. The van der Waals surface area contributed by atoms with Crippen molar-refractivity contribution in [3.63, 3.8) is 0 Å². The van der Waals surface area contributed by atoms with Gasteiger partial charge >= 0.3 is 0 Å². The second-order valence-electron chi connectivity index (χ2n) is 4.66. The number of rotatable bonds is 4. The molecule has 0 heterocycles. The van der Waals surface area contributed by atoms with Crippen LogP contribution in [0.1, 0.15) is 22.8 Å². The van der Waals surface area contributed by atoms with Gasteiger partial charge in [0, 0.05) is 11.4 Å². The summed E-state index contributed by atoms with van der Waals surface area (Å²) >= 11 is 6.03. The Morgan fingerprint density at radius 3 is 2.70 bits per heavy atom. The highest BCUT2D eigenvalue weighted by Gasteiger charge is 2.15. The van der Waals surface area contributed by atoms with Crippen molar-refractivity contribution in [2.45, 2.75) is 19.4 Å². The number of hydrogen-bond donors (Lipinski definition) is 1. The lowest BCUT2D eigenvalue weighted by Gasteiger charge is -2.14. The summed E-state index contributed by atoms with van der Waals surface area (Å²) in [6, 6.07) is 10.2. The zero-order chi connectivity index (χ0) is 14.7. The average molecular weight is 295 g/mol. The van der Waals surface area contributed by atoms with Gasteiger partial charge in [0.05, 0.1) is 13.2 Å². The predicted octanol–water partition coefficient (Wildman–Crippen LogP) is 4.07. The van der Waals surface area contributed by atoms with Crippen molar-refractivity contribution in [1.82, 2.24) is 0 Å². The van der Waals surface area contributed by atoms with Crippen molar-refractivity contribution < 1.29 is 14.2 Å². The first-order valence-corrected chi connectivity index (χ1v) is 6.66. The van der Waals surface area contributed by atoms with E-state index >= 15 is 0 Å². The third-order valence-electron chi connectivity index (χ3n) is 3.26. The molecule has 0 aliphatic rings. The van der Waals surface area contributed by atoms with Crippen LogP contribution < -0.4 is 4.74 Å². The van der Waals surface area contributed by atoms with E-state index in [0.717, 1.165) is 5.56 Å². The fraction of sp³-hybridized carbons (Fsp3) is 0.250. The molecule has 0 aliphatic carbocycles. The van der Waals surface area contributed by atoms with Gasteiger partial charge in [-0.3, -0.25) is 0 Å². The number of aryl methyl sites for hydroxylation is 1. The van der Waals surface area contributed by atoms with Crippen molar-refractivity contribution in [3.05, 3.63) is 63.9 Å². The summed E-state index contributed by atoms with van der Waals surface area (Å²) in [6.45, 7) is 1.89. The summed E-state index contributed by atoms with van der Waals surface area (Å²) in [5.74, 6) is -0.260. The summed E-state index contributed by atoms with van der Waals surface area (Å²) in [4.78, 5) is 0. The Morgan fingerprint density at radius 2 is 2.05 bits per heavy atom. The third kappa shape index (κ3) is 3.11. The maximum atomic E-state index is 14.0. The number of aliphatic hydroxyl groups is 1. The van der Waals surface area contributed by atoms with Gasteiger partial charge in [0.2, 0.25) is 0 Å². The molecule has 2 rings (SSSR count). The lowest BCUT2D eigenvalue weighted by molar-refractivity contribution is 0.177. The second kappa shape index (κ2) is 6.25. The fourth-order valence-corrected chi connectivity index (χ4v) is 2.20. The first-order chi connectivity index (χ1) is 9.52. The molecule has 2 aromatic rings. The number of aliphatic hydroxyl groups excluding tert-OH is 1. The van der Waals surface area contributed by atoms with Gasteiger partial charge in [0.15, 0.2) is 11.6 Å². The van der Waals surface area contributed by atoms with Crippen molar-refractivity contribution >= 4 is 11.6 Å². The largest absolute Gasteiger partial charge is 0.494 e. The quantitative estimate of drug-likeness (QED) is 0.921. The van der Waals surface area contributed by atoms with Crippen molar-refractivity contribution in [2.24, 2.45) is 0 Å². The molecule has 20 heavy (non-hydrogen) atoms. The van der Waals surface area contributed by atoms with Crippen LogP contribution in [-0.2, 0) is 6.42 Å². The maximum absolute atomic E-state index is 14.0. The smallest absolute Gasteiger partial charge is 0.168 e. The summed E-state index contributed by atoms with van der Waals surface area (Å²) < 4.78 is 19.0. The van der Waals surface area contributed by atoms with E-state index in [1.165, 1.54) is 7.11 Å². The second-order valence-corrected chi connectivity index (χ2v) is 5.07. The number of halogens is 2. The van der Waals surface area contributed by atoms with Gasteiger partial charge in [-0.1, -0.05) is 35.9 Å². The van der Waals surface area contributed by atoms with E-state index in [9.17, 15) is 9.50 Å². The zero-order valence-corrected chi connectivity index (χ0v) is 12.1. The van der Waals surface area contributed by atoms with E-state index in [0.29, 0.717) is 16.1 Å². The molecule has 2 aromatic carbocycles.